The molecule has 0 radical (unpaired) electrons. The van der Waals surface area contributed by atoms with E-state index < -0.39 is 53.6 Å². The first-order valence-electron chi connectivity index (χ1n) is 5.21. The quantitative estimate of drug-likeness (QED) is 0.335. The SMILES string of the molecule is CC(=O)N[C@@H]1[C@@H](O)[C@@H](OS(=O)(=O)O)[C@@H](CO)O[C@@H]1O. The summed E-state index contributed by atoms with van der Waals surface area (Å²) in [5, 5.41) is 30.5. The molecule has 1 saturated heterocycles. The number of rotatable bonds is 4. The van der Waals surface area contributed by atoms with Gasteiger partial charge in [0.05, 0.1) is 6.61 Å². The number of aliphatic hydroxyl groups excluding tert-OH is 3. The van der Waals surface area contributed by atoms with Crippen LogP contribution in [0.15, 0.2) is 0 Å². The predicted octanol–water partition coefficient (Wildman–Crippen LogP) is -3.25. The minimum absolute atomic E-state index is 0.611. The van der Waals surface area contributed by atoms with Crippen LogP contribution in [0, 0.1) is 0 Å². The van der Waals surface area contributed by atoms with E-state index in [1.54, 1.807) is 0 Å². The van der Waals surface area contributed by atoms with Crippen LogP contribution < -0.4 is 5.32 Å². The van der Waals surface area contributed by atoms with Gasteiger partial charge in [-0.15, -0.1) is 0 Å². The number of ether oxygens (including phenoxy) is 1. The Morgan fingerprint density at radius 2 is 2.00 bits per heavy atom. The second kappa shape index (κ2) is 6.09. The van der Waals surface area contributed by atoms with Crippen molar-refractivity contribution in [1.29, 1.82) is 0 Å². The lowest BCUT2D eigenvalue weighted by molar-refractivity contribution is -0.248. The van der Waals surface area contributed by atoms with Gasteiger partial charge in [0.2, 0.25) is 5.91 Å². The molecule has 0 aromatic rings. The summed E-state index contributed by atoms with van der Waals surface area (Å²) in [5.41, 5.74) is 0. The van der Waals surface area contributed by atoms with Crippen LogP contribution in [0.2, 0.25) is 0 Å². The zero-order valence-electron chi connectivity index (χ0n) is 9.83. The average Bonchev–Trinajstić information content (AvgIpc) is 2.26. The molecule has 19 heavy (non-hydrogen) atoms. The maximum atomic E-state index is 10.9. The van der Waals surface area contributed by atoms with Crippen LogP contribution >= 0.6 is 0 Å². The largest absolute Gasteiger partial charge is 0.397 e. The minimum Gasteiger partial charge on any atom is -0.394 e. The summed E-state index contributed by atoms with van der Waals surface area (Å²) in [6.07, 6.45) is -6.46. The summed E-state index contributed by atoms with van der Waals surface area (Å²) in [6, 6.07) is -1.37. The molecule has 112 valence electrons. The predicted molar refractivity (Wildman–Crippen MR) is 58.0 cm³/mol. The number of amides is 1. The number of hydrogen-bond acceptors (Lipinski definition) is 8. The Kier molecular flexibility index (Phi) is 5.20. The highest BCUT2D eigenvalue weighted by Gasteiger charge is 2.47. The molecule has 1 aliphatic rings. The molecule has 1 rings (SSSR count). The van der Waals surface area contributed by atoms with Crippen LogP contribution in [0.25, 0.3) is 0 Å². The third kappa shape index (κ3) is 4.35. The van der Waals surface area contributed by atoms with E-state index in [0.717, 1.165) is 6.92 Å². The Morgan fingerprint density at radius 1 is 1.42 bits per heavy atom. The van der Waals surface area contributed by atoms with Gasteiger partial charge in [0.1, 0.15) is 24.4 Å². The van der Waals surface area contributed by atoms with E-state index in [4.69, 9.17) is 14.4 Å². The van der Waals surface area contributed by atoms with Crippen molar-refractivity contribution in [1.82, 2.24) is 5.32 Å². The molecule has 10 nitrogen and oxygen atoms in total. The van der Waals surface area contributed by atoms with Gasteiger partial charge in [0, 0.05) is 6.92 Å². The molecule has 0 spiro atoms. The molecule has 1 heterocycles. The van der Waals surface area contributed by atoms with E-state index in [-0.39, 0.29) is 0 Å². The van der Waals surface area contributed by atoms with Crippen molar-refractivity contribution < 1.29 is 42.0 Å². The number of carbonyl (C=O) groups excluding carboxylic acids is 1. The van der Waals surface area contributed by atoms with Crippen LogP contribution in [0.4, 0.5) is 0 Å². The van der Waals surface area contributed by atoms with Crippen molar-refractivity contribution in [2.24, 2.45) is 0 Å². The molecule has 5 atom stereocenters. The number of nitrogens with one attached hydrogen (secondary N) is 1. The van der Waals surface area contributed by atoms with Gasteiger partial charge in [-0.05, 0) is 0 Å². The second-order valence-corrected chi connectivity index (χ2v) is 5.00. The van der Waals surface area contributed by atoms with Gasteiger partial charge < -0.3 is 25.4 Å². The summed E-state index contributed by atoms with van der Waals surface area (Å²) in [4.78, 5) is 10.9. The van der Waals surface area contributed by atoms with Gasteiger partial charge in [-0.2, -0.15) is 8.42 Å². The van der Waals surface area contributed by atoms with Crippen LogP contribution in [0.3, 0.4) is 0 Å². The summed E-state index contributed by atoms with van der Waals surface area (Å²) < 4.78 is 38.9. The Hall–Kier alpha value is -0.820. The van der Waals surface area contributed by atoms with Gasteiger partial charge >= 0.3 is 10.4 Å². The normalized spacial score (nSPS) is 35.9. The lowest BCUT2D eigenvalue weighted by Crippen LogP contribution is -2.64. The molecular weight excluding hydrogens is 286 g/mol. The highest BCUT2D eigenvalue weighted by Crippen LogP contribution is 2.23. The van der Waals surface area contributed by atoms with Crippen LogP contribution in [0.1, 0.15) is 6.92 Å². The Bertz CT molecular complexity index is 424. The first kappa shape index (κ1) is 16.2. The van der Waals surface area contributed by atoms with E-state index >= 15 is 0 Å². The summed E-state index contributed by atoms with van der Waals surface area (Å²) in [7, 11) is -4.91. The van der Waals surface area contributed by atoms with E-state index in [2.05, 4.69) is 9.50 Å². The van der Waals surface area contributed by atoms with Crippen molar-refractivity contribution in [3.8, 4) is 0 Å². The van der Waals surface area contributed by atoms with E-state index in [1.807, 2.05) is 0 Å². The van der Waals surface area contributed by atoms with Crippen molar-refractivity contribution in [2.75, 3.05) is 6.61 Å². The molecule has 1 aliphatic heterocycles. The summed E-state index contributed by atoms with van der Waals surface area (Å²) in [5.74, 6) is -0.611. The maximum absolute atomic E-state index is 10.9. The second-order valence-electron chi connectivity index (χ2n) is 3.95. The van der Waals surface area contributed by atoms with Gasteiger partial charge in [-0.1, -0.05) is 0 Å². The van der Waals surface area contributed by atoms with Crippen LogP contribution in [0.5, 0.6) is 0 Å². The fourth-order valence-electron chi connectivity index (χ4n) is 1.73. The third-order valence-electron chi connectivity index (χ3n) is 2.47. The Morgan fingerprint density at radius 3 is 2.42 bits per heavy atom. The molecule has 11 heteroatoms. The lowest BCUT2D eigenvalue weighted by Gasteiger charge is -2.41. The molecule has 0 unspecified atom stereocenters. The van der Waals surface area contributed by atoms with Crippen LogP contribution in [-0.2, 0) is 24.1 Å². The number of carbonyl (C=O) groups is 1. The van der Waals surface area contributed by atoms with Gasteiger partial charge in [-0.3, -0.25) is 9.35 Å². The zero-order valence-corrected chi connectivity index (χ0v) is 10.6. The number of aliphatic hydroxyl groups is 3. The highest BCUT2D eigenvalue weighted by atomic mass is 32.3. The summed E-state index contributed by atoms with van der Waals surface area (Å²) in [6.45, 7) is 0.331. The topological polar surface area (TPSA) is 163 Å². The van der Waals surface area contributed by atoms with Crippen molar-refractivity contribution >= 4 is 16.3 Å². The Balaban J connectivity index is 2.94. The van der Waals surface area contributed by atoms with Crippen molar-refractivity contribution in [3.05, 3.63) is 0 Å². The molecule has 5 N–H and O–H groups in total. The first-order valence-corrected chi connectivity index (χ1v) is 6.57. The van der Waals surface area contributed by atoms with Crippen molar-refractivity contribution in [2.45, 2.75) is 37.6 Å². The average molecular weight is 301 g/mol. The third-order valence-corrected chi connectivity index (χ3v) is 2.94. The van der Waals surface area contributed by atoms with Gasteiger partial charge in [-0.25, -0.2) is 4.18 Å². The molecular formula is C8H15NO9S. The first-order chi connectivity index (χ1) is 8.65. The molecule has 0 bridgehead atoms. The highest BCUT2D eigenvalue weighted by molar-refractivity contribution is 7.80. The molecule has 0 aromatic heterocycles. The van der Waals surface area contributed by atoms with Crippen molar-refractivity contribution in [3.63, 3.8) is 0 Å². The van der Waals surface area contributed by atoms with E-state index in [9.17, 15) is 23.4 Å². The van der Waals surface area contributed by atoms with Gasteiger partial charge in [0.25, 0.3) is 0 Å². The standard InChI is InChI=1S/C8H15NO9S/c1-3(11)9-5-6(12)7(18-19(14,15)16)4(2-10)17-8(5)13/h4-8,10,12-13H,2H2,1H3,(H,9,11)(H,14,15,16)/t4-,5-,6-,7+,8+/m1/s1. The number of hydrogen-bond donors (Lipinski definition) is 5. The maximum Gasteiger partial charge on any atom is 0.397 e. The molecule has 1 amide bonds. The molecule has 1 fully saturated rings. The lowest BCUT2D eigenvalue weighted by atomic mass is 9.97. The zero-order chi connectivity index (χ0) is 14.8. The summed E-state index contributed by atoms with van der Waals surface area (Å²) >= 11 is 0. The van der Waals surface area contributed by atoms with Crippen LogP contribution in [-0.4, -0.2) is 71.4 Å². The van der Waals surface area contributed by atoms with E-state index in [0.29, 0.717) is 0 Å². The van der Waals surface area contributed by atoms with E-state index in [1.165, 1.54) is 0 Å². The smallest absolute Gasteiger partial charge is 0.394 e. The monoisotopic (exact) mass is 301 g/mol. The Labute approximate surface area is 108 Å². The molecule has 0 aliphatic carbocycles. The fraction of sp³-hybridized carbons (Fsp3) is 0.875. The van der Waals surface area contributed by atoms with Gasteiger partial charge in [0.15, 0.2) is 6.29 Å². The molecule has 0 saturated carbocycles. The molecule has 0 aromatic carbocycles. The minimum atomic E-state index is -4.91. The fourth-order valence-corrected chi connectivity index (χ4v) is 2.25.